The van der Waals surface area contributed by atoms with Gasteiger partial charge in [0.2, 0.25) is 5.79 Å². The minimum atomic E-state index is -0.583. The van der Waals surface area contributed by atoms with Gasteiger partial charge in [0.1, 0.15) is 0 Å². The number of alkyl halides is 1. The van der Waals surface area contributed by atoms with Gasteiger partial charge in [-0.3, -0.25) is 0 Å². The lowest BCUT2D eigenvalue weighted by molar-refractivity contribution is -0.154. The number of hydrogen-bond acceptors (Lipinski definition) is 2. The Kier molecular flexibility index (Phi) is 2.91. The van der Waals surface area contributed by atoms with Crippen LogP contribution in [0.15, 0.2) is 30.3 Å². The van der Waals surface area contributed by atoms with E-state index in [4.69, 9.17) is 9.47 Å². The number of ether oxygens (including phenoxy) is 2. The summed E-state index contributed by atoms with van der Waals surface area (Å²) in [4.78, 5) is 0. The molecule has 0 bridgehead atoms. The van der Waals surface area contributed by atoms with E-state index >= 15 is 0 Å². The van der Waals surface area contributed by atoms with Crippen LogP contribution in [0.25, 0.3) is 0 Å². The first-order valence-electron chi connectivity index (χ1n) is 4.70. The average molecular weight is 257 g/mol. The molecule has 3 heteroatoms. The van der Waals surface area contributed by atoms with Gasteiger partial charge >= 0.3 is 0 Å². The van der Waals surface area contributed by atoms with E-state index in [2.05, 4.69) is 15.9 Å². The van der Waals surface area contributed by atoms with Gasteiger partial charge in [-0.1, -0.05) is 46.3 Å². The second kappa shape index (κ2) is 4.01. The third kappa shape index (κ3) is 1.72. The molecule has 1 aromatic rings. The number of hydrogen-bond donors (Lipinski definition) is 0. The minimum Gasteiger partial charge on any atom is -0.342 e. The van der Waals surface area contributed by atoms with Gasteiger partial charge < -0.3 is 9.47 Å². The Hall–Kier alpha value is -0.380. The van der Waals surface area contributed by atoms with Crippen molar-refractivity contribution in [1.29, 1.82) is 0 Å². The van der Waals surface area contributed by atoms with Crippen molar-refractivity contribution in [2.24, 2.45) is 0 Å². The summed E-state index contributed by atoms with van der Waals surface area (Å²) in [6.07, 6.45) is 0.160. The van der Waals surface area contributed by atoms with Crippen LogP contribution in [0.5, 0.6) is 0 Å². The molecule has 0 radical (unpaired) electrons. The standard InChI is InChI=1S/C11H13BrO2/c1-9-7-13-11(8-12,14-9)10-5-3-2-4-6-10/h2-6,9H,7-8H2,1H3. The van der Waals surface area contributed by atoms with E-state index in [1.807, 2.05) is 37.3 Å². The Balaban J connectivity index is 2.30. The fourth-order valence-corrected chi connectivity index (χ4v) is 2.25. The predicted octanol–water partition coefficient (Wildman–Crippen LogP) is 2.67. The van der Waals surface area contributed by atoms with Crippen LogP contribution < -0.4 is 0 Å². The van der Waals surface area contributed by atoms with Crippen LogP contribution in [-0.2, 0) is 15.3 Å². The summed E-state index contributed by atoms with van der Waals surface area (Å²) in [6.45, 7) is 2.67. The van der Waals surface area contributed by atoms with Crippen LogP contribution in [0, 0.1) is 0 Å². The molecule has 0 spiro atoms. The molecule has 1 aromatic carbocycles. The van der Waals surface area contributed by atoms with Crippen LogP contribution in [0.2, 0.25) is 0 Å². The molecule has 76 valence electrons. The molecular weight excluding hydrogens is 244 g/mol. The molecule has 0 saturated carbocycles. The maximum atomic E-state index is 5.82. The number of benzene rings is 1. The molecule has 2 unspecified atom stereocenters. The van der Waals surface area contributed by atoms with Gasteiger partial charge in [0.25, 0.3) is 0 Å². The fourth-order valence-electron chi connectivity index (χ4n) is 1.64. The maximum absolute atomic E-state index is 5.82. The highest BCUT2D eigenvalue weighted by atomic mass is 79.9. The molecule has 1 fully saturated rings. The summed E-state index contributed by atoms with van der Waals surface area (Å²) in [6, 6.07) is 10.0. The van der Waals surface area contributed by atoms with Gasteiger partial charge in [0.15, 0.2) is 0 Å². The molecule has 14 heavy (non-hydrogen) atoms. The SMILES string of the molecule is CC1COC(CBr)(c2ccccc2)O1. The summed E-state index contributed by atoms with van der Waals surface area (Å²) < 4.78 is 11.5. The van der Waals surface area contributed by atoms with Gasteiger partial charge in [-0.2, -0.15) is 0 Å². The summed E-state index contributed by atoms with van der Waals surface area (Å²) in [7, 11) is 0. The summed E-state index contributed by atoms with van der Waals surface area (Å²) in [5, 5.41) is 0.661. The third-order valence-electron chi connectivity index (χ3n) is 2.33. The van der Waals surface area contributed by atoms with Crippen molar-refractivity contribution in [3.63, 3.8) is 0 Å². The van der Waals surface area contributed by atoms with E-state index < -0.39 is 5.79 Å². The molecule has 0 amide bonds. The zero-order valence-corrected chi connectivity index (χ0v) is 9.66. The lowest BCUT2D eigenvalue weighted by atomic mass is 10.1. The lowest BCUT2D eigenvalue weighted by Gasteiger charge is -2.25. The molecule has 0 N–H and O–H groups in total. The van der Waals surface area contributed by atoms with Gasteiger partial charge in [0.05, 0.1) is 18.0 Å². The van der Waals surface area contributed by atoms with Crippen LogP contribution in [0.3, 0.4) is 0 Å². The van der Waals surface area contributed by atoms with Crippen molar-refractivity contribution in [3.05, 3.63) is 35.9 Å². The highest BCUT2D eigenvalue weighted by Gasteiger charge is 2.40. The van der Waals surface area contributed by atoms with Crippen molar-refractivity contribution in [2.75, 3.05) is 11.9 Å². The normalized spacial score (nSPS) is 32.0. The molecule has 2 rings (SSSR count). The zero-order valence-electron chi connectivity index (χ0n) is 8.07. The summed E-state index contributed by atoms with van der Waals surface area (Å²) in [5.74, 6) is -0.583. The summed E-state index contributed by atoms with van der Waals surface area (Å²) in [5.41, 5.74) is 1.07. The predicted molar refractivity (Wildman–Crippen MR) is 58.4 cm³/mol. The Morgan fingerprint density at radius 2 is 2.14 bits per heavy atom. The minimum absolute atomic E-state index is 0.160. The van der Waals surface area contributed by atoms with Crippen LogP contribution >= 0.6 is 15.9 Å². The smallest absolute Gasteiger partial charge is 0.205 e. The Bertz CT molecular complexity index is 301. The van der Waals surface area contributed by atoms with Gasteiger partial charge in [-0.05, 0) is 6.92 Å². The van der Waals surface area contributed by atoms with E-state index in [-0.39, 0.29) is 6.10 Å². The fraction of sp³-hybridized carbons (Fsp3) is 0.455. The molecule has 1 saturated heterocycles. The van der Waals surface area contributed by atoms with Crippen molar-refractivity contribution in [2.45, 2.75) is 18.8 Å². The molecular formula is C11H13BrO2. The lowest BCUT2D eigenvalue weighted by Crippen LogP contribution is -2.29. The topological polar surface area (TPSA) is 18.5 Å². The van der Waals surface area contributed by atoms with Crippen molar-refractivity contribution >= 4 is 15.9 Å². The van der Waals surface area contributed by atoms with Crippen LogP contribution in [-0.4, -0.2) is 18.0 Å². The van der Waals surface area contributed by atoms with Gasteiger partial charge in [-0.15, -0.1) is 0 Å². The summed E-state index contributed by atoms with van der Waals surface area (Å²) >= 11 is 3.45. The Morgan fingerprint density at radius 1 is 1.43 bits per heavy atom. The van der Waals surface area contributed by atoms with Gasteiger partial charge in [-0.25, -0.2) is 0 Å². The number of rotatable bonds is 2. The molecule has 0 aliphatic carbocycles. The molecule has 1 heterocycles. The number of halogens is 1. The van der Waals surface area contributed by atoms with Crippen LogP contribution in [0.4, 0.5) is 0 Å². The first kappa shape index (κ1) is 10.1. The van der Waals surface area contributed by atoms with Crippen molar-refractivity contribution in [1.82, 2.24) is 0 Å². The van der Waals surface area contributed by atoms with Crippen LogP contribution in [0.1, 0.15) is 12.5 Å². The van der Waals surface area contributed by atoms with E-state index in [0.29, 0.717) is 11.9 Å². The van der Waals surface area contributed by atoms with Gasteiger partial charge in [0, 0.05) is 5.56 Å². The molecule has 2 nitrogen and oxygen atoms in total. The van der Waals surface area contributed by atoms with E-state index in [9.17, 15) is 0 Å². The Labute approximate surface area is 92.3 Å². The molecule has 2 atom stereocenters. The molecule has 0 aromatic heterocycles. The highest BCUT2D eigenvalue weighted by Crippen LogP contribution is 2.35. The third-order valence-corrected chi connectivity index (χ3v) is 3.07. The first-order valence-corrected chi connectivity index (χ1v) is 5.82. The van der Waals surface area contributed by atoms with Crippen molar-refractivity contribution < 1.29 is 9.47 Å². The van der Waals surface area contributed by atoms with Crippen molar-refractivity contribution in [3.8, 4) is 0 Å². The largest absolute Gasteiger partial charge is 0.342 e. The quantitative estimate of drug-likeness (QED) is 0.758. The maximum Gasteiger partial charge on any atom is 0.205 e. The second-order valence-electron chi connectivity index (χ2n) is 3.49. The zero-order chi connectivity index (χ0) is 10.0. The highest BCUT2D eigenvalue weighted by molar-refractivity contribution is 9.09. The monoisotopic (exact) mass is 256 g/mol. The second-order valence-corrected chi connectivity index (χ2v) is 4.05. The Morgan fingerprint density at radius 3 is 2.64 bits per heavy atom. The van der Waals surface area contributed by atoms with E-state index in [0.717, 1.165) is 5.56 Å². The van der Waals surface area contributed by atoms with E-state index in [1.165, 1.54) is 0 Å². The molecule has 1 aliphatic heterocycles. The molecule has 1 aliphatic rings. The first-order chi connectivity index (χ1) is 6.77. The van der Waals surface area contributed by atoms with E-state index in [1.54, 1.807) is 0 Å². The average Bonchev–Trinajstić information content (AvgIpc) is 2.63.